The largest absolute Gasteiger partial charge is 0.494 e. The number of para-hydroxylation sites is 1. The van der Waals surface area contributed by atoms with E-state index in [1.807, 2.05) is 43.3 Å². The maximum Gasteiger partial charge on any atom is 0.338 e. The van der Waals surface area contributed by atoms with Crippen LogP contribution in [-0.2, 0) is 4.74 Å². The average molecular weight is 409 g/mol. The minimum atomic E-state index is -0.316. The number of nitrogens with zero attached hydrogens (tertiary/aromatic N) is 1. The minimum Gasteiger partial charge on any atom is -0.494 e. The molecule has 1 aromatic heterocycles. The van der Waals surface area contributed by atoms with Crippen molar-refractivity contribution in [2.45, 2.75) is 13.8 Å². The summed E-state index contributed by atoms with van der Waals surface area (Å²) in [6, 6.07) is 15.0. The normalized spacial score (nSPS) is 9.74. The standard InChI is InChI=1S/C20H20N2O3.2ClH/c1-4-25-20(23)14-8-10-15(11-9-14)22-17-12-13(2)21-19-16(17)6-5-7-18(19)24-3;;/h5-12H,4H2,1-3H3,(H,21,22);2*1H. The molecule has 1 heterocycles. The first-order chi connectivity index (χ1) is 12.1. The highest BCUT2D eigenvalue weighted by molar-refractivity contribution is 5.97. The van der Waals surface area contributed by atoms with Gasteiger partial charge in [0, 0.05) is 22.5 Å². The Hall–Kier alpha value is -2.50. The molecule has 0 saturated heterocycles. The summed E-state index contributed by atoms with van der Waals surface area (Å²) >= 11 is 0. The fraction of sp³-hybridized carbons (Fsp3) is 0.200. The molecule has 5 nitrogen and oxygen atoms in total. The van der Waals surface area contributed by atoms with Gasteiger partial charge >= 0.3 is 5.97 Å². The van der Waals surface area contributed by atoms with Gasteiger partial charge in [-0.2, -0.15) is 0 Å². The van der Waals surface area contributed by atoms with E-state index in [4.69, 9.17) is 9.47 Å². The van der Waals surface area contributed by atoms with Crippen molar-refractivity contribution in [3.05, 3.63) is 59.8 Å². The molecule has 2 aromatic carbocycles. The number of carbonyl (C=O) groups excluding carboxylic acids is 1. The molecule has 7 heteroatoms. The third kappa shape index (κ3) is 5.02. The molecule has 0 aliphatic heterocycles. The zero-order valence-electron chi connectivity index (χ0n) is 15.3. The first kappa shape index (κ1) is 22.5. The number of methoxy groups -OCH3 is 1. The summed E-state index contributed by atoms with van der Waals surface area (Å²) in [6.07, 6.45) is 0. The second-order valence-electron chi connectivity index (χ2n) is 5.59. The Bertz CT molecular complexity index is 915. The molecule has 0 bridgehead atoms. The Kier molecular flexibility index (Phi) is 8.34. The number of nitrogens with one attached hydrogen (secondary N) is 1. The summed E-state index contributed by atoms with van der Waals surface area (Å²) < 4.78 is 10.4. The number of ether oxygens (including phenoxy) is 2. The van der Waals surface area contributed by atoms with Crippen molar-refractivity contribution in [2.75, 3.05) is 19.0 Å². The lowest BCUT2D eigenvalue weighted by Gasteiger charge is -2.13. The lowest BCUT2D eigenvalue weighted by Crippen LogP contribution is -2.04. The van der Waals surface area contributed by atoms with Gasteiger partial charge in [0.1, 0.15) is 11.3 Å². The second-order valence-corrected chi connectivity index (χ2v) is 5.59. The van der Waals surface area contributed by atoms with E-state index < -0.39 is 0 Å². The van der Waals surface area contributed by atoms with E-state index in [1.54, 1.807) is 26.2 Å². The third-order valence-corrected chi connectivity index (χ3v) is 3.83. The van der Waals surface area contributed by atoms with Gasteiger partial charge in [0.15, 0.2) is 0 Å². The number of hydrogen-bond donors (Lipinski definition) is 1. The Morgan fingerprint density at radius 2 is 1.81 bits per heavy atom. The summed E-state index contributed by atoms with van der Waals surface area (Å²) in [7, 11) is 1.64. The van der Waals surface area contributed by atoms with Crippen LogP contribution in [0.5, 0.6) is 5.75 Å². The first-order valence-electron chi connectivity index (χ1n) is 8.11. The smallest absolute Gasteiger partial charge is 0.338 e. The van der Waals surface area contributed by atoms with Gasteiger partial charge in [0.25, 0.3) is 0 Å². The average Bonchev–Trinajstić information content (AvgIpc) is 2.62. The molecule has 0 spiro atoms. The molecule has 0 aliphatic carbocycles. The number of rotatable bonds is 5. The number of esters is 1. The van der Waals surface area contributed by atoms with Crippen molar-refractivity contribution < 1.29 is 14.3 Å². The number of fused-ring (bicyclic) bond motifs is 1. The molecule has 0 atom stereocenters. The first-order valence-corrected chi connectivity index (χ1v) is 8.11. The predicted molar refractivity (Wildman–Crippen MR) is 113 cm³/mol. The molecule has 0 fully saturated rings. The summed E-state index contributed by atoms with van der Waals surface area (Å²) in [5, 5.41) is 4.36. The second kappa shape index (κ2) is 10.00. The Balaban J connectivity index is 0.00000182. The summed E-state index contributed by atoms with van der Waals surface area (Å²) in [5.74, 6) is 0.422. The molecular formula is C20H22Cl2N2O3. The molecule has 27 heavy (non-hydrogen) atoms. The molecule has 144 valence electrons. The zero-order chi connectivity index (χ0) is 17.8. The van der Waals surface area contributed by atoms with Crippen LogP contribution >= 0.6 is 24.8 Å². The van der Waals surface area contributed by atoms with Crippen molar-refractivity contribution in [1.29, 1.82) is 0 Å². The van der Waals surface area contributed by atoms with Crippen molar-refractivity contribution in [3.63, 3.8) is 0 Å². The maximum atomic E-state index is 11.7. The molecule has 0 radical (unpaired) electrons. The number of hydrogen-bond acceptors (Lipinski definition) is 5. The zero-order valence-corrected chi connectivity index (χ0v) is 16.9. The highest BCUT2D eigenvalue weighted by atomic mass is 35.5. The minimum absolute atomic E-state index is 0. The molecule has 0 aliphatic rings. The van der Waals surface area contributed by atoms with E-state index in [-0.39, 0.29) is 30.8 Å². The van der Waals surface area contributed by atoms with Crippen molar-refractivity contribution in [1.82, 2.24) is 4.98 Å². The van der Waals surface area contributed by atoms with Crippen LogP contribution in [0.4, 0.5) is 11.4 Å². The molecule has 3 rings (SSSR count). The van der Waals surface area contributed by atoms with Crippen LogP contribution < -0.4 is 10.1 Å². The van der Waals surface area contributed by atoms with Crippen LogP contribution in [0, 0.1) is 6.92 Å². The number of benzene rings is 2. The number of aromatic nitrogens is 1. The number of pyridine rings is 1. The molecular weight excluding hydrogens is 387 g/mol. The Morgan fingerprint density at radius 3 is 2.44 bits per heavy atom. The van der Waals surface area contributed by atoms with Gasteiger partial charge in [-0.1, -0.05) is 12.1 Å². The predicted octanol–water partition coefficient (Wildman–Crippen LogP) is 5.32. The van der Waals surface area contributed by atoms with E-state index in [0.717, 1.165) is 33.7 Å². The summed E-state index contributed by atoms with van der Waals surface area (Å²) in [5.41, 5.74) is 4.05. The van der Waals surface area contributed by atoms with Crippen LogP contribution in [-0.4, -0.2) is 24.7 Å². The van der Waals surface area contributed by atoms with Gasteiger partial charge in [-0.25, -0.2) is 9.78 Å². The van der Waals surface area contributed by atoms with Crippen molar-refractivity contribution >= 4 is 53.1 Å². The van der Waals surface area contributed by atoms with Crippen molar-refractivity contribution in [2.24, 2.45) is 0 Å². The number of carbonyl (C=O) groups is 1. The molecule has 3 aromatic rings. The highest BCUT2D eigenvalue weighted by Crippen LogP contribution is 2.31. The van der Waals surface area contributed by atoms with Gasteiger partial charge in [0.2, 0.25) is 0 Å². The van der Waals surface area contributed by atoms with Gasteiger partial charge < -0.3 is 14.8 Å². The Morgan fingerprint density at radius 1 is 1.11 bits per heavy atom. The topological polar surface area (TPSA) is 60.5 Å². The number of aryl methyl sites for hydroxylation is 1. The van der Waals surface area contributed by atoms with Crippen LogP contribution in [0.25, 0.3) is 10.9 Å². The van der Waals surface area contributed by atoms with Crippen LogP contribution in [0.1, 0.15) is 23.0 Å². The summed E-state index contributed by atoms with van der Waals surface area (Å²) in [4.78, 5) is 16.3. The van der Waals surface area contributed by atoms with Gasteiger partial charge in [-0.3, -0.25) is 0 Å². The molecule has 1 N–H and O–H groups in total. The summed E-state index contributed by atoms with van der Waals surface area (Å²) in [6.45, 7) is 4.10. The fourth-order valence-corrected chi connectivity index (χ4v) is 2.68. The number of halogens is 2. The van der Waals surface area contributed by atoms with Gasteiger partial charge in [-0.05, 0) is 50.2 Å². The lowest BCUT2D eigenvalue weighted by atomic mass is 10.1. The Labute approximate surface area is 170 Å². The SMILES string of the molecule is CCOC(=O)c1ccc(Nc2cc(C)nc3c(OC)cccc23)cc1.Cl.Cl. The fourth-order valence-electron chi connectivity index (χ4n) is 2.68. The quantitative estimate of drug-likeness (QED) is 0.579. The monoisotopic (exact) mass is 408 g/mol. The van der Waals surface area contributed by atoms with E-state index in [0.29, 0.717) is 12.2 Å². The van der Waals surface area contributed by atoms with E-state index in [2.05, 4.69) is 10.3 Å². The van der Waals surface area contributed by atoms with Crippen LogP contribution in [0.15, 0.2) is 48.5 Å². The maximum absolute atomic E-state index is 11.7. The van der Waals surface area contributed by atoms with E-state index in [9.17, 15) is 4.79 Å². The molecule has 0 unspecified atom stereocenters. The van der Waals surface area contributed by atoms with Crippen molar-refractivity contribution in [3.8, 4) is 5.75 Å². The highest BCUT2D eigenvalue weighted by Gasteiger charge is 2.10. The third-order valence-electron chi connectivity index (χ3n) is 3.83. The van der Waals surface area contributed by atoms with Crippen LogP contribution in [0.2, 0.25) is 0 Å². The van der Waals surface area contributed by atoms with E-state index >= 15 is 0 Å². The molecule has 0 amide bonds. The van der Waals surface area contributed by atoms with Gasteiger partial charge in [0.05, 0.1) is 19.3 Å². The van der Waals surface area contributed by atoms with E-state index in [1.165, 1.54) is 0 Å². The van der Waals surface area contributed by atoms with Gasteiger partial charge in [-0.15, -0.1) is 24.8 Å². The lowest BCUT2D eigenvalue weighted by molar-refractivity contribution is 0.0526. The number of anilines is 2. The van der Waals surface area contributed by atoms with Crippen LogP contribution in [0.3, 0.4) is 0 Å². The molecule has 0 saturated carbocycles.